The average Bonchev–Trinajstić information content (AvgIpc) is 2.72. The van der Waals surface area contributed by atoms with Gasteiger partial charge in [0.1, 0.15) is 12.4 Å². The number of rotatable bonds is 5. The van der Waals surface area contributed by atoms with Gasteiger partial charge in [-0.2, -0.15) is 0 Å². The minimum Gasteiger partial charge on any atom is -1.00 e. The minimum absolute atomic E-state index is 0. The Morgan fingerprint density at radius 1 is 1.06 bits per heavy atom. The maximum absolute atomic E-state index is 2.62. The first-order chi connectivity index (χ1) is 7.84. The zero-order valence-electron chi connectivity index (χ0n) is 10.8. The number of aryl methyl sites for hydroxylation is 2. The Hall–Kier alpha value is -0.350. The summed E-state index contributed by atoms with van der Waals surface area (Å²) in [4.78, 5) is 2.62. The first-order valence-electron chi connectivity index (χ1n) is 6.58. The molecular formula is C13H24BrN3. The van der Waals surface area contributed by atoms with Crippen molar-refractivity contribution in [1.82, 2.24) is 9.47 Å². The molecule has 2 heterocycles. The predicted octanol–water partition coefficient (Wildman–Crippen LogP) is -1.42. The molecule has 0 unspecified atom stereocenters. The summed E-state index contributed by atoms with van der Waals surface area (Å²) in [5.74, 6) is 0. The summed E-state index contributed by atoms with van der Waals surface area (Å²) >= 11 is 0. The number of imidazole rings is 1. The Bertz CT molecular complexity index is 305. The van der Waals surface area contributed by atoms with Gasteiger partial charge in [0.25, 0.3) is 0 Å². The average molecular weight is 302 g/mol. The van der Waals surface area contributed by atoms with E-state index < -0.39 is 0 Å². The number of aromatic nitrogens is 2. The normalized spacial score (nSPS) is 16.8. The van der Waals surface area contributed by atoms with Crippen molar-refractivity contribution in [2.75, 3.05) is 19.6 Å². The first kappa shape index (κ1) is 14.7. The third kappa shape index (κ3) is 5.21. The molecule has 0 saturated carbocycles. The second kappa shape index (κ2) is 7.88. The van der Waals surface area contributed by atoms with Gasteiger partial charge in [-0.3, -0.25) is 0 Å². The van der Waals surface area contributed by atoms with Crippen LogP contribution in [0.5, 0.6) is 0 Å². The number of unbranched alkanes of at least 4 members (excludes halogenated alkanes) is 1. The van der Waals surface area contributed by atoms with Crippen molar-refractivity contribution in [2.45, 2.75) is 38.6 Å². The van der Waals surface area contributed by atoms with E-state index in [0.29, 0.717) is 0 Å². The zero-order chi connectivity index (χ0) is 11.2. The highest BCUT2D eigenvalue weighted by molar-refractivity contribution is 4.67. The van der Waals surface area contributed by atoms with Gasteiger partial charge in [0.05, 0.1) is 13.6 Å². The summed E-state index contributed by atoms with van der Waals surface area (Å²) in [6, 6.07) is 0. The Kier molecular flexibility index (Phi) is 6.82. The monoisotopic (exact) mass is 301 g/mol. The molecule has 17 heavy (non-hydrogen) atoms. The highest BCUT2D eigenvalue weighted by atomic mass is 79.9. The molecule has 0 spiro atoms. The van der Waals surface area contributed by atoms with Crippen LogP contribution < -0.4 is 21.5 Å². The highest BCUT2D eigenvalue weighted by Crippen LogP contribution is 2.09. The van der Waals surface area contributed by atoms with E-state index in [-0.39, 0.29) is 17.0 Å². The van der Waals surface area contributed by atoms with E-state index in [1.807, 2.05) is 0 Å². The molecule has 0 N–H and O–H groups in total. The first-order valence-corrected chi connectivity index (χ1v) is 6.58. The molecule has 1 fully saturated rings. The van der Waals surface area contributed by atoms with Crippen LogP contribution in [0.4, 0.5) is 0 Å². The number of halogens is 1. The van der Waals surface area contributed by atoms with Crippen LogP contribution >= 0.6 is 0 Å². The van der Waals surface area contributed by atoms with Crippen LogP contribution in [0.3, 0.4) is 0 Å². The fourth-order valence-electron chi connectivity index (χ4n) is 2.45. The molecule has 0 aromatic carbocycles. The van der Waals surface area contributed by atoms with E-state index in [4.69, 9.17) is 0 Å². The molecule has 1 saturated heterocycles. The Labute approximate surface area is 115 Å². The molecule has 4 heteroatoms. The van der Waals surface area contributed by atoms with Crippen molar-refractivity contribution in [2.24, 2.45) is 7.05 Å². The van der Waals surface area contributed by atoms with Crippen LogP contribution in [-0.4, -0.2) is 29.1 Å². The van der Waals surface area contributed by atoms with E-state index in [9.17, 15) is 0 Å². The molecule has 2 rings (SSSR count). The highest BCUT2D eigenvalue weighted by Gasteiger charge is 2.09. The molecule has 0 aliphatic carbocycles. The van der Waals surface area contributed by atoms with E-state index >= 15 is 0 Å². The van der Waals surface area contributed by atoms with Crippen LogP contribution in [0.1, 0.15) is 32.1 Å². The summed E-state index contributed by atoms with van der Waals surface area (Å²) in [7, 11) is 2.07. The molecule has 0 bridgehead atoms. The van der Waals surface area contributed by atoms with E-state index in [2.05, 4.69) is 39.8 Å². The van der Waals surface area contributed by atoms with Gasteiger partial charge in [-0.25, -0.2) is 9.13 Å². The molecule has 3 nitrogen and oxygen atoms in total. The van der Waals surface area contributed by atoms with Gasteiger partial charge in [0.15, 0.2) is 0 Å². The van der Waals surface area contributed by atoms with Gasteiger partial charge >= 0.3 is 0 Å². The fourth-order valence-corrected chi connectivity index (χ4v) is 2.45. The van der Waals surface area contributed by atoms with Crippen molar-refractivity contribution in [3.63, 3.8) is 0 Å². The maximum Gasteiger partial charge on any atom is 0.243 e. The maximum atomic E-state index is 2.62. The largest absolute Gasteiger partial charge is 1.00 e. The van der Waals surface area contributed by atoms with Gasteiger partial charge in [-0.15, -0.1) is 0 Å². The van der Waals surface area contributed by atoms with Gasteiger partial charge in [-0.05, 0) is 45.3 Å². The Morgan fingerprint density at radius 3 is 2.41 bits per heavy atom. The van der Waals surface area contributed by atoms with Crippen LogP contribution in [0.2, 0.25) is 0 Å². The lowest BCUT2D eigenvalue weighted by Crippen LogP contribution is -3.00. The summed E-state index contributed by atoms with van der Waals surface area (Å²) < 4.78 is 4.38. The molecule has 1 aliphatic rings. The van der Waals surface area contributed by atoms with E-state index in [0.717, 1.165) is 6.54 Å². The molecule has 1 aliphatic heterocycles. The standard InChI is InChI=1S/C13H24N3.BrH/c1-14-11-12-16(13-14)10-6-5-9-15-7-3-2-4-8-15;/h11-13H,2-10H2,1H3;1H/q+1;/p-1. The lowest BCUT2D eigenvalue weighted by molar-refractivity contribution is -0.671. The molecule has 0 amide bonds. The number of nitrogens with zero attached hydrogens (tertiary/aromatic N) is 3. The smallest absolute Gasteiger partial charge is 0.243 e. The molecule has 0 atom stereocenters. The van der Waals surface area contributed by atoms with Crippen LogP contribution in [0.15, 0.2) is 18.7 Å². The van der Waals surface area contributed by atoms with Crippen LogP contribution in [0, 0.1) is 0 Å². The predicted molar refractivity (Wildman–Crippen MR) is 65.1 cm³/mol. The second-order valence-electron chi connectivity index (χ2n) is 4.93. The van der Waals surface area contributed by atoms with Gasteiger partial charge < -0.3 is 21.9 Å². The number of hydrogen-bond donors (Lipinski definition) is 0. The van der Waals surface area contributed by atoms with E-state index in [1.165, 1.54) is 51.7 Å². The minimum atomic E-state index is 0. The third-order valence-electron chi connectivity index (χ3n) is 3.41. The van der Waals surface area contributed by atoms with Gasteiger partial charge in [-0.1, -0.05) is 6.42 Å². The summed E-state index contributed by atoms with van der Waals surface area (Å²) in [6.45, 7) is 5.12. The van der Waals surface area contributed by atoms with Crippen LogP contribution in [0.25, 0.3) is 0 Å². The molecule has 1 aromatic rings. The topological polar surface area (TPSA) is 12.0 Å². The third-order valence-corrected chi connectivity index (χ3v) is 3.41. The number of piperidine rings is 1. The quantitative estimate of drug-likeness (QED) is 0.480. The number of likely N-dealkylation sites (tertiary alicyclic amines) is 1. The van der Waals surface area contributed by atoms with E-state index in [1.54, 1.807) is 0 Å². The zero-order valence-corrected chi connectivity index (χ0v) is 12.4. The van der Waals surface area contributed by atoms with Crippen molar-refractivity contribution in [3.05, 3.63) is 18.7 Å². The molecule has 0 radical (unpaired) electrons. The van der Waals surface area contributed by atoms with Gasteiger partial charge in [0, 0.05) is 0 Å². The van der Waals surface area contributed by atoms with Crippen molar-refractivity contribution in [3.8, 4) is 0 Å². The lowest BCUT2D eigenvalue weighted by atomic mass is 10.1. The summed E-state index contributed by atoms with van der Waals surface area (Å²) in [6.07, 6.45) is 13.3. The SMILES string of the molecule is C[n+]1ccn(CCCCN2CCCCC2)c1.[Br-]. The summed E-state index contributed by atoms with van der Waals surface area (Å²) in [5, 5.41) is 0. The number of hydrogen-bond acceptors (Lipinski definition) is 1. The lowest BCUT2D eigenvalue weighted by Gasteiger charge is -2.26. The van der Waals surface area contributed by atoms with Crippen LogP contribution in [-0.2, 0) is 13.6 Å². The van der Waals surface area contributed by atoms with Gasteiger partial charge in [0.2, 0.25) is 6.33 Å². The van der Waals surface area contributed by atoms with Crippen molar-refractivity contribution < 1.29 is 21.5 Å². The Balaban J connectivity index is 0.00000144. The molecular weight excluding hydrogens is 278 g/mol. The van der Waals surface area contributed by atoms with Crippen molar-refractivity contribution >= 4 is 0 Å². The van der Waals surface area contributed by atoms with Crippen molar-refractivity contribution in [1.29, 1.82) is 0 Å². The molecule has 1 aromatic heterocycles. The fraction of sp³-hybridized carbons (Fsp3) is 0.769. The Morgan fingerprint density at radius 2 is 1.76 bits per heavy atom. The second-order valence-corrected chi connectivity index (χ2v) is 4.93. The molecule has 98 valence electrons. The summed E-state index contributed by atoms with van der Waals surface area (Å²) in [5.41, 5.74) is 0.